The Morgan fingerprint density at radius 3 is 1.75 bits per heavy atom. The number of rotatable bonds is 4. The average molecular weight is 863 g/mol. The minimum absolute atomic E-state index is 0.0141. The monoisotopic (exact) mass is 862 g/mol. The summed E-state index contributed by atoms with van der Waals surface area (Å²) in [6.07, 6.45) is 2.31. The van der Waals surface area contributed by atoms with E-state index in [0.717, 1.165) is 12.8 Å². The summed E-state index contributed by atoms with van der Waals surface area (Å²) in [6, 6.07) is 69.7. The number of benzene rings is 9. The van der Waals surface area contributed by atoms with E-state index in [2.05, 4.69) is 240 Å². The van der Waals surface area contributed by atoms with Gasteiger partial charge in [0.15, 0.2) is 0 Å². The van der Waals surface area contributed by atoms with Crippen LogP contribution in [0, 0.1) is 0 Å². The number of hydrogen-bond acceptors (Lipinski definition) is 1. The smallest absolute Gasteiger partial charge is 0.333 e. The molecule has 2 nitrogen and oxygen atoms in total. The van der Waals surface area contributed by atoms with Gasteiger partial charge in [0.2, 0.25) is 0 Å². The zero-order valence-corrected chi connectivity index (χ0v) is 39.7. The summed E-state index contributed by atoms with van der Waals surface area (Å²) in [6.45, 7) is 16.8. The van der Waals surface area contributed by atoms with Crippen LogP contribution in [0.3, 0.4) is 0 Å². The first-order chi connectivity index (χ1) is 32.3. The summed E-state index contributed by atoms with van der Waals surface area (Å²) in [7, 11) is 0. The van der Waals surface area contributed by atoms with Gasteiger partial charge in [-0.25, -0.2) is 0 Å². The second-order valence-corrected chi connectivity index (χ2v) is 22.0. The summed E-state index contributed by atoms with van der Waals surface area (Å²) in [4.78, 5) is 2.67. The van der Waals surface area contributed by atoms with Gasteiger partial charge in [0.25, 0.3) is 0 Å². The normalized spacial score (nSPS) is 15.4. The highest BCUT2D eigenvalue weighted by Gasteiger charge is 2.46. The summed E-state index contributed by atoms with van der Waals surface area (Å²) < 4.78 is 2.75. The Labute approximate surface area is 395 Å². The molecule has 13 rings (SSSR count). The Hall–Kier alpha value is -7.10. The minimum Gasteiger partial charge on any atom is -0.375 e. The second kappa shape index (κ2) is 14.2. The molecule has 0 saturated carbocycles. The standard InChI is InChI=1S/C64H55BN2/c1-62(2,3)47-28-25-42(26-29-47)46-36-52-50-23-16-24-51-59-49-22-15-14-21-43(49)27-30-56(59)67(61(50)51)65-55-38-53-54(64(6,7)32-31-63(53,4)5)39-57(55)66(58(37-46)60(52)65)48-34-44(40-17-10-8-11-18-40)33-45(35-48)41-19-12-9-13-20-41/h8-30,33-39H,31-32H2,1-7H3. The number of nitrogens with zero attached hydrogens (tertiary/aromatic N) is 2. The van der Waals surface area contributed by atoms with E-state index in [-0.39, 0.29) is 23.1 Å². The van der Waals surface area contributed by atoms with Gasteiger partial charge >= 0.3 is 6.85 Å². The maximum Gasteiger partial charge on any atom is 0.333 e. The number of aromatic nitrogens is 1. The molecule has 324 valence electrons. The first kappa shape index (κ1) is 40.2. The van der Waals surface area contributed by atoms with Gasteiger partial charge in [-0.2, -0.15) is 0 Å². The molecule has 0 amide bonds. The van der Waals surface area contributed by atoms with E-state index in [9.17, 15) is 0 Å². The summed E-state index contributed by atoms with van der Waals surface area (Å²) in [5.74, 6) is 0. The third-order valence-corrected chi connectivity index (χ3v) is 15.9. The fourth-order valence-electron chi connectivity index (χ4n) is 12.2. The Kier molecular flexibility index (Phi) is 8.52. The molecule has 3 heteroatoms. The largest absolute Gasteiger partial charge is 0.375 e. The van der Waals surface area contributed by atoms with E-state index in [4.69, 9.17) is 0 Å². The predicted octanol–water partition coefficient (Wildman–Crippen LogP) is 16.0. The molecule has 0 fully saturated rings. The van der Waals surface area contributed by atoms with Crippen molar-refractivity contribution in [3.63, 3.8) is 0 Å². The lowest BCUT2D eigenvalue weighted by Crippen LogP contribution is -2.57. The van der Waals surface area contributed by atoms with Crippen LogP contribution in [-0.2, 0) is 16.2 Å². The van der Waals surface area contributed by atoms with Crippen LogP contribution in [0.1, 0.15) is 78.0 Å². The summed E-state index contributed by atoms with van der Waals surface area (Å²) >= 11 is 0. The maximum absolute atomic E-state index is 2.75. The van der Waals surface area contributed by atoms with E-state index in [0.29, 0.717) is 0 Å². The number of anilines is 3. The van der Waals surface area contributed by atoms with Crippen LogP contribution >= 0.6 is 0 Å². The number of fused-ring (bicyclic) bond motifs is 10. The van der Waals surface area contributed by atoms with Crippen LogP contribution in [0.2, 0.25) is 0 Å². The Morgan fingerprint density at radius 2 is 1.07 bits per heavy atom. The van der Waals surface area contributed by atoms with Crippen molar-refractivity contribution in [1.29, 1.82) is 0 Å². The van der Waals surface area contributed by atoms with Gasteiger partial charge in [-0.1, -0.05) is 188 Å². The fourth-order valence-corrected chi connectivity index (χ4v) is 12.2. The molecule has 3 aliphatic rings. The second-order valence-electron chi connectivity index (χ2n) is 22.0. The SMILES string of the molecule is CC(C)(C)c1ccc(-c2cc3c4c(c2)N(c2cc(-c5ccccc5)cc(-c5ccccc5)c2)c2cc5c(cc2B4n2c4ccc6ccccc6c4c4cccc-3c42)C(C)(C)CCC5(C)C)cc1. The quantitative estimate of drug-likeness (QED) is 0.160. The van der Waals surface area contributed by atoms with Crippen LogP contribution in [0.25, 0.3) is 77.1 Å². The molecule has 3 heterocycles. The van der Waals surface area contributed by atoms with Gasteiger partial charge in [-0.15, -0.1) is 0 Å². The van der Waals surface area contributed by atoms with Crippen molar-refractivity contribution in [1.82, 2.24) is 4.48 Å². The highest BCUT2D eigenvalue weighted by Crippen LogP contribution is 2.52. The van der Waals surface area contributed by atoms with Gasteiger partial charge in [0.1, 0.15) is 0 Å². The van der Waals surface area contributed by atoms with Crippen LogP contribution in [0.4, 0.5) is 17.1 Å². The van der Waals surface area contributed by atoms with Crippen molar-refractivity contribution in [3.8, 4) is 44.5 Å². The van der Waals surface area contributed by atoms with Crippen molar-refractivity contribution in [3.05, 3.63) is 199 Å². The van der Waals surface area contributed by atoms with Gasteiger partial charge in [0.05, 0.1) is 0 Å². The van der Waals surface area contributed by atoms with Gasteiger partial charge in [-0.05, 0) is 149 Å². The third kappa shape index (κ3) is 6.03. The zero-order chi connectivity index (χ0) is 45.6. The molecular formula is C64H55BN2. The lowest BCUT2D eigenvalue weighted by molar-refractivity contribution is 0.332. The van der Waals surface area contributed by atoms with Gasteiger partial charge < -0.3 is 9.38 Å². The average Bonchev–Trinajstić information content (AvgIpc) is 3.69. The van der Waals surface area contributed by atoms with E-state index >= 15 is 0 Å². The van der Waals surface area contributed by atoms with Gasteiger partial charge in [0, 0.05) is 44.4 Å². The molecule has 2 aliphatic heterocycles. The Morgan fingerprint density at radius 1 is 0.478 bits per heavy atom. The van der Waals surface area contributed by atoms with E-state index in [1.807, 2.05) is 0 Å². The molecule has 0 radical (unpaired) electrons. The lowest BCUT2D eigenvalue weighted by atomic mass is 9.44. The van der Waals surface area contributed by atoms with Gasteiger partial charge in [-0.3, -0.25) is 0 Å². The molecule has 0 N–H and O–H groups in total. The number of hydrogen-bond donors (Lipinski definition) is 0. The van der Waals surface area contributed by atoms with Crippen molar-refractivity contribution in [2.45, 2.75) is 77.6 Å². The minimum atomic E-state index is -0.0540. The molecule has 0 saturated heterocycles. The molecule has 0 unspecified atom stereocenters. The first-order valence-electron chi connectivity index (χ1n) is 24.3. The van der Waals surface area contributed by atoms with Crippen LogP contribution in [-0.4, -0.2) is 11.3 Å². The van der Waals surface area contributed by atoms with Crippen molar-refractivity contribution in [2.24, 2.45) is 0 Å². The highest BCUT2D eigenvalue weighted by atomic mass is 15.2. The summed E-state index contributed by atoms with van der Waals surface area (Å²) in [5.41, 5.74) is 23.3. The first-order valence-corrected chi connectivity index (χ1v) is 24.3. The Bertz CT molecular complexity index is 3600. The molecule has 0 bridgehead atoms. The van der Waals surface area contributed by atoms with Crippen LogP contribution in [0.15, 0.2) is 182 Å². The van der Waals surface area contributed by atoms with Crippen molar-refractivity contribution in [2.75, 3.05) is 4.90 Å². The molecule has 0 spiro atoms. The van der Waals surface area contributed by atoms with E-state index < -0.39 is 0 Å². The van der Waals surface area contributed by atoms with E-state index in [1.165, 1.54) is 122 Å². The van der Waals surface area contributed by atoms with Crippen LogP contribution in [0.5, 0.6) is 0 Å². The van der Waals surface area contributed by atoms with Crippen molar-refractivity contribution < 1.29 is 0 Å². The fraction of sp³-hybridized carbons (Fsp3) is 0.188. The van der Waals surface area contributed by atoms with E-state index in [1.54, 1.807) is 0 Å². The molecule has 10 aromatic rings. The summed E-state index contributed by atoms with van der Waals surface area (Å²) in [5, 5.41) is 5.25. The number of para-hydroxylation sites is 1. The van der Waals surface area contributed by atoms with Crippen LogP contribution < -0.4 is 15.8 Å². The molecule has 0 atom stereocenters. The molecule has 67 heavy (non-hydrogen) atoms. The van der Waals surface area contributed by atoms with Crippen molar-refractivity contribution >= 4 is 67.4 Å². The lowest BCUT2D eigenvalue weighted by Gasteiger charge is -2.46. The Balaban J connectivity index is 1.19. The zero-order valence-electron chi connectivity index (χ0n) is 39.7. The molecule has 9 aromatic carbocycles. The topological polar surface area (TPSA) is 8.17 Å². The third-order valence-electron chi connectivity index (χ3n) is 15.9. The molecule has 1 aromatic heterocycles. The molecular weight excluding hydrogens is 808 g/mol. The highest BCUT2D eigenvalue weighted by molar-refractivity contribution is 6.90. The predicted molar refractivity (Wildman–Crippen MR) is 288 cm³/mol. The maximum atomic E-state index is 2.75. The molecule has 1 aliphatic carbocycles.